The quantitative estimate of drug-likeness (QED) is 0.128. The average molecular weight is 537 g/mol. The highest BCUT2D eigenvalue weighted by Gasteiger charge is 2.48. The van der Waals surface area contributed by atoms with Crippen molar-refractivity contribution in [2.45, 2.75) is 19.9 Å². The Labute approximate surface area is 228 Å². The lowest BCUT2D eigenvalue weighted by molar-refractivity contribution is -0.132. The van der Waals surface area contributed by atoms with Crippen LogP contribution >= 0.6 is 11.3 Å². The molecule has 1 N–H and O–H groups in total. The molecule has 0 aliphatic carbocycles. The standard InChI is InChI=1S/C30H24N4O4S/c1-4-14-38-20-9-7-8-19(16-20)26-24(27(35)25-18(3)31-23-10-5-6-13-33(23)25)28(36)29(37)34(26)30-32-21-12-11-17(2)15-22(21)39-30/h4-13,15-16,26,35H,1,14H2,2-3H3. The van der Waals surface area contributed by atoms with Gasteiger partial charge in [0.2, 0.25) is 0 Å². The monoisotopic (exact) mass is 536 g/mol. The first-order chi connectivity index (χ1) is 18.9. The van der Waals surface area contributed by atoms with Gasteiger partial charge in [0, 0.05) is 6.20 Å². The lowest BCUT2D eigenvalue weighted by Gasteiger charge is -2.23. The van der Waals surface area contributed by atoms with Crippen LogP contribution in [0.3, 0.4) is 0 Å². The number of aliphatic hydroxyl groups is 1. The molecule has 39 heavy (non-hydrogen) atoms. The van der Waals surface area contributed by atoms with E-state index in [2.05, 4.69) is 11.6 Å². The molecule has 2 aromatic carbocycles. The molecule has 0 spiro atoms. The number of aryl methyl sites for hydroxylation is 2. The predicted octanol–water partition coefficient (Wildman–Crippen LogP) is 5.75. The number of imidazole rings is 1. The Morgan fingerprint density at radius 3 is 2.77 bits per heavy atom. The van der Waals surface area contributed by atoms with Gasteiger partial charge in [-0.15, -0.1) is 0 Å². The maximum Gasteiger partial charge on any atom is 0.301 e. The van der Waals surface area contributed by atoms with E-state index >= 15 is 0 Å². The molecule has 5 aromatic rings. The van der Waals surface area contributed by atoms with E-state index in [1.807, 2.05) is 43.3 Å². The van der Waals surface area contributed by atoms with Gasteiger partial charge in [0.1, 0.15) is 23.7 Å². The fraction of sp³-hybridized carbons (Fsp3) is 0.133. The van der Waals surface area contributed by atoms with Crippen LogP contribution in [-0.2, 0) is 9.59 Å². The Morgan fingerprint density at radius 2 is 1.95 bits per heavy atom. The number of thiazole rings is 1. The maximum atomic E-state index is 13.7. The summed E-state index contributed by atoms with van der Waals surface area (Å²) in [6.45, 7) is 7.73. The lowest BCUT2D eigenvalue weighted by atomic mass is 9.96. The van der Waals surface area contributed by atoms with Gasteiger partial charge in [-0.2, -0.15) is 0 Å². The van der Waals surface area contributed by atoms with Gasteiger partial charge in [-0.05, 0) is 61.4 Å². The van der Waals surface area contributed by atoms with Crippen molar-refractivity contribution in [1.82, 2.24) is 14.4 Å². The van der Waals surface area contributed by atoms with Crippen molar-refractivity contribution < 1.29 is 19.4 Å². The number of hydrogen-bond acceptors (Lipinski definition) is 7. The molecule has 4 heterocycles. The highest BCUT2D eigenvalue weighted by Crippen LogP contribution is 2.45. The van der Waals surface area contributed by atoms with Crippen LogP contribution in [0, 0.1) is 13.8 Å². The van der Waals surface area contributed by atoms with Crippen molar-refractivity contribution in [2.75, 3.05) is 11.5 Å². The molecule has 194 valence electrons. The second kappa shape index (κ2) is 9.52. The number of aromatic nitrogens is 3. The van der Waals surface area contributed by atoms with Crippen LogP contribution in [-0.4, -0.2) is 37.8 Å². The summed E-state index contributed by atoms with van der Waals surface area (Å²) in [4.78, 5) is 37.9. The van der Waals surface area contributed by atoms with E-state index in [-0.39, 0.29) is 11.3 Å². The minimum Gasteiger partial charge on any atom is -0.505 e. The number of nitrogens with zero attached hydrogens (tertiary/aromatic N) is 4. The van der Waals surface area contributed by atoms with Gasteiger partial charge >= 0.3 is 5.91 Å². The normalized spacial score (nSPS) is 16.9. The van der Waals surface area contributed by atoms with E-state index < -0.39 is 17.7 Å². The molecular formula is C30H24N4O4S. The molecule has 1 aliphatic heterocycles. The Balaban J connectivity index is 1.59. The summed E-state index contributed by atoms with van der Waals surface area (Å²) in [7, 11) is 0. The van der Waals surface area contributed by atoms with Gasteiger partial charge < -0.3 is 9.84 Å². The van der Waals surface area contributed by atoms with E-state index in [9.17, 15) is 14.7 Å². The number of aliphatic hydroxyl groups excluding tert-OH is 1. The van der Waals surface area contributed by atoms with Gasteiger partial charge in [-0.1, -0.05) is 48.3 Å². The van der Waals surface area contributed by atoms with Crippen LogP contribution in [0.5, 0.6) is 5.75 Å². The number of fused-ring (bicyclic) bond motifs is 2. The van der Waals surface area contributed by atoms with Crippen LogP contribution in [0.4, 0.5) is 5.13 Å². The molecule has 3 aromatic heterocycles. The highest BCUT2D eigenvalue weighted by molar-refractivity contribution is 7.22. The second-order valence-corrected chi connectivity index (χ2v) is 10.3. The molecule has 1 amide bonds. The van der Waals surface area contributed by atoms with E-state index in [0.717, 1.165) is 15.8 Å². The number of anilines is 1. The molecule has 0 saturated carbocycles. The smallest absolute Gasteiger partial charge is 0.301 e. The highest BCUT2D eigenvalue weighted by atomic mass is 32.1. The molecule has 1 unspecified atom stereocenters. The van der Waals surface area contributed by atoms with E-state index in [0.29, 0.717) is 40.1 Å². The molecule has 1 saturated heterocycles. The van der Waals surface area contributed by atoms with Crippen molar-refractivity contribution >= 4 is 49.8 Å². The van der Waals surface area contributed by atoms with Gasteiger partial charge in [-0.3, -0.25) is 18.9 Å². The number of ketones is 1. The van der Waals surface area contributed by atoms with Crippen LogP contribution in [0.25, 0.3) is 21.6 Å². The van der Waals surface area contributed by atoms with Crippen molar-refractivity contribution in [3.8, 4) is 5.75 Å². The number of pyridine rings is 1. The second-order valence-electron chi connectivity index (χ2n) is 9.28. The summed E-state index contributed by atoms with van der Waals surface area (Å²) >= 11 is 1.32. The van der Waals surface area contributed by atoms with Crippen LogP contribution < -0.4 is 9.64 Å². The molecule has 0 bridgehead atoms. The molecule has 1 fully saturated rings. The van der Waals surface area contributed by atoms with Crippen LogP contribution in [0.15, 0.2) is 85.1 Å². The number of rotatable bonds is 6. The molecule has 0 radical (unpaired) electrons. The Kier molecular flexibility index (Phi) is 6.00. The number of Topliss-reactive ketones (excluding diaryl/α,β-unsaturated/α-hetero) is 1. The molecule has 1 aliphatic rings. The maximum absolute atomic E-state index is 13.7. The minimum atomic E-state index is -0.937. The number of carbonyl (C=O) groups excluding carboxylic acids is 2. The van der Waals surface area contributed by atoms with Crippen molar-refractivity contribution in [3.63, 3.8) is 0 Å². The third-order valence-corrected chi connectivity index (χ3v) is 7.67. The Hall–Kier alpha value is -4.76. The SMILES string of the molecule is C=CCOc1cccc(C2C(=C(O)c3c(C)nc4ccccn34)C(=O)C(=O)N2c2nc3ccc(C)cc3s2)c1. The zero-order chi connectivity index (χ0) is 27.3. The van der Waals surface area contributed by atoms with Gasteiger partial charge in [0.15, 0.2) is 10.9 Å². The summed E-state index contributed by atoms with van der Waals surface area (Å²) in [5.41, 5.74) is 3.84. The molecule has 8 nitrogen and oxygen atoms in total. The molecule has 1 atom stereocenters. The summed E-state index contributed by atoms with van der Waals surface area (Å²) in [6.07, 6.45) is 3.39. The minimum absolute atomic E-state index is 0.0370. The fourth-order valence-electron chi connectivity index (χ4n) is 4.92. The number of hydrogen-bond donors (Lipinski definition) is 1. The van der Waals surface area contributed by atoms with Gasteiger partial charge in [-0.25, -0.2) is 9.97 Å². The molecule has 6 rings (SSSR count). The first-order valence-electron chi connectivity index (χ1n) is 12.3. The van der Waals surface area contributed by atoms with E-state index in [1.54, 1.807) is 47.9 Å². The average Bonchev–Trinajstić information content (AvgIpc) is 3.57. The third-order valence-electron chi connectivity index (χ3n) is 6.65. The fourth-order valence-corrected chi connectivity index (χ4v) is 6.01. The topological polar surface area (TPSA) is 97.0 Å². The summed E-state index contributed by atoms with van der Waals surface area (Å²) in [5, 5.41) is 12.1. The van der Waals surface area contributed by atoms with Crippen molar-refractivity contribution in [2.24, 2.45) is 0 Å². The zero-order valence-corrected chi connectivity index (χ0v) is 22.1. The van der Waals surface area contributed by atoms with Crippen molar-refractivity contribution in [3.05, 3.63) is 108 Å². The largest absolute Gasteiger partial charge is 0.505 e. The van der Waals surface area contributed by atoms with E-state index in [1.165, 1.54) is 16.2 Å². The third kappa shape index (κ3) is 4.07. The number of benzene rings is 2. The zero-order valence-electron chi connectivity index (χ0n) is 21.3. The number of carbonyl (C=O) groups is 2. The summed E-state index contributed by atoms with van der Waals surface area (Å²) in [5.74, 6) is -1.31. The first-order valence-corrected chi connectivity index (χ1v) is 13.1. The Bertz CT molecular complexity index is 1830. The van der Waals surface area contributed by atoms with Crippen LogP contribution in [0.1, 0.15) is 28.6 Å². The molecular weight excluding hydrogens is 512 g/mol. The number of amides is 1. The van der Waals surface area contributed by atoms with Gasteiger partial charge in [0.05, 0.1) is 27.5 Å². The summed E-state index contributed by atoms with van der Waals surface area (Å²) < 4.78 is 8.35. The van der Waals surface area contributed by atoms with Crippen LogP contribution in [0.2, 0.25) is 0 Å². The first kappa shape index (κ1) is 24.6. The summed E-state index contributed by atoms with van der Waals surface area (Å²) in [6, 6.07) is 17.5. The molecule has 9 heteroatoms. The Morgan fingerprint density at radius 1 is 1.10 bits per heavy atom. The number of ether oxygens (including phenoxy) is 1. The van der Waals surface area contributed by atoms with E-state index in [4.69, 9.17) is 9.72 Å². The lowest BCUT2D eigenvalue weighted by Crippen LogP contribution is -2.29. The van der Waals surface area contributed by atoms with Gasteiger partial charge in [0.25, 0.3) is 5.78 Å². The predicted molar refractivity (Wildman–Crippen MR) is 151 cm³/mol. The van der Waals surface area contributed by atoms with Crippen molar-refractivity contribution in [1.29, 1.82) is 0 Å².